The third-order valence-electron chi connectivity index (χ3n) is 2.60. The Balaban J connectivity index is 2.31. The van der Waals surface area contributed by atoms with Gasteiger partial charge in [-0.25, -0.2) is 0 Å². The van der Waals surface area contributed by atoms with Crippen molar-refractivity contribution in [3.63, 3.8) is 0 Å². The Bertz CT molecular complexity index is 566. The standard InChI is InChI=1S/C13H15N3O3/c1-2-19-12(18)8-16-11(5-7-15-16)13-10(9-17)4-3-6-14-13/h3-7,17H,2,8-9H2,1H3. The number of aromatic nitrogens is 3. The molecule has 2 rings (SSSR count). The minimum atomic E-state index is -0.353. The number of pyridine rings is 1. The number of esters is 1. The molecule has 6 nitrogen and oxygen atoms in total. The SMILES string of the molecule is CCOC(=O)Cn1nccc1-c1ncccc1CO. The summed E-state index contributed by atoms with van der Waals surface area (Å²) in [6.45, 7) is 2.00. The van der Waals surface area contributed by atoms with Crippen LogP contribution in [0.3, 0.4) is 0 Å². The first-order chi connectivity index (χ1) is 9.26. The minimum Gasteiger partial charge on any atom is -0.465 e. The van der Waals surface area contributed by atoms with Gasteiger partial charge in [-0.1, -0.05) is 6.07 Å². The van der Waals surface area contributed by atoms with Gasteiger partial charge in [0, 0.05) is 18.0 Å². The van der Waals surface area contributed by atoms with Gasteiger partial charge in [0.15, 0.2) is 0 Å². The van der Waals surface area contributed by atoms with Crippen LogP contribution >= 0.6 is 0 Å². The van der Waals surface area contributed by atoms with Crippen molar-refractivity contribution in [2.24, 2.45) is 0 Å². The number of ether oxygens (including phenoxy) is 1. The Hall–Kier alpha value is -2.21. The molecular weight excluding hydrogens is 246 g/mol. The Kier molecular flexibility index (Phi) is 4.25. The molecule has 0 amide bonds. The Labute approximate surface area is 110 Å². The van der Waals surface area contributed by atoms with Crippen molar-refractivity contribution < 1.29 is 14.6 Å². The first-order valence-corrected chi connectivity index (χ1v) is 5.98. The Morgan fingerprint density at radius 2 is 2.26 bits per heavy atom. The molecule has 0 radical (unpaired) electrons. The van der Waals surface area contributed by atoms with Crippen molar-refractivity contribution in [3.05, 3.63) is 36.2 Å². The van der Waals surface area contributed by atoms with E-state index in [9.17, 15) is 9.90 Å². The number of hydrogen-bond donors (Lipinski definition) is 1. The van der Waals surface area contributed by atoms with E-state index in [2.05, 4.69) is 10.1 Å². The molecule has 0 aliphatic rings. The summed E-state index contributed by atoms with van der Waals surface area (Å²) in [4.78, 5) is 15.7. The second-order valence-corrected chi connectivity index (χ2v) is 3.85. The van der Waals surface area contributed by atoms with E-state index in [0.29, 0.717) is 23.6 Å². The van der Waals surface area contributed by atoms with E-state index in [1.807, 2.05) is 0 Å². The molecule has 100 valence electrons. The molecule has 2 heterocycles. The van der Waals surface area contributed by atoms with Crippen molar-refractivity contribution in [1.82, 2.24) is 14.8 Å². The quantitative estimate of drug-likeness (QED) is 0.812. The van der Waals surface area contributed by atoms with E-state index in [1.165, 1.54) is 4.68 Å². The van der Waals surface area contributed by atoms with Gasteiger partial charge < -0.3 is 9.84 Å². The highest BCUT2D eigenvalue weighted by atomic mass is 16.5. The summed E-state index contributed by atoms with van der Waals surface area (Å²) >= 11 is 0. The van der Waals surface area contributed by atoms with Gasteiger partial charge in [-0.3, -0.25) is 14.5 Å². The summed E-state index contributed by atoms with van der Waals surface area (Å²) in [6.07, 6.45) is 3.22. The summed E-state index contributed by atoms with van der Waals surface area (Å²) in [5.74, 6) is -0.353. The largest absolute Gasteiger partial charge is 0.465 e. The van der Waals surface area contributed by atoms with E-state index < -0.39 is 0 Å². The summed E-state index contributed by atoms with van der Waals surface area (Å²) in [5, 5.41) is 13.4. The van der Waals surface area contributed by atoms with Gasteiger partial charge >= 0.3 is 5.97 Å². The van der Waals surface area contributed by atoms with Crippen LogP contribution in [0.4, 0.5) is 0 Å². The fourth-order valence-electron chi connectivity index (χ4n) is 1.79. The van der Waals surface area contributed by atoms with Crippen LogP contribution in [0.2, 0.25) is 0 Å². The predicted octanol–water partition coefficient (Wildman–Crippen LogP) is 1.00. The lowest BCUT2D eigenvalue weighted by atomic mass is 10.1. The number of aliphatic hydroxyl groups is 1. The lowest BCUT2D eigenvalue weighted by Gasteiger charge is -2.09. The molecule has 0 aromatic carbocycles. The lowest BCUT2D eigenvalue weighted by molar-refractivity contribution is -0.144. The van der Waals surface area contributed by atoms with Gasteiger partial charge in [0.1, 0.15) is 6.54 Å². The van der Waals surface area contributed by atoms with Crippen molar-refractivity contribution >= 4 is 5.97 Å². The first-order valence-electron chi connectivity index (χ1n) is 5.98. The molecule has 0 fully saturated rings. The molecule has 0 aliphatic carbocycles. The zero-order valence-electron chi connectivity index (χ0n) is 10.6. The molecule has 19 heavy (non-hydrogen) atoms. The van der Waals surface area contributed by atoms with Crippen LogP contribution in [0, 0.1) is 0 Å². The molecule has 6 heteroatoms. The zero-order chi connectivity index (χ0) is 13.7. The van der Waals surface area contributed by atoms with Crippen molar-refractivity contribution in [1.29, 1.82) is 0 Å². The highest BCUT2D eigenvalue weighted by Gasteiger charge is 2.13. The van der Waals surface area contributed by atoms with Crippen LogP contribution in [0.25, 0.3) is 11.4 Å². The second kappa shape index (κ2) is 6.10. The predicted molar refractivity (Wildman–Crippen MR) is 68.0 cm³/mol. The van der Waals surface area contributed by atoms with Crippen LogP contribution < -0.4 is 0 Å². The maximum Gasteiger partial charge on any atom is 0.327 e. The van der Waals surface area contributed by atoms with E-state index in [4.69, 9.17) is 4.74 Å². The highest BCUT2D eigenvalue weighted by Crippen LogP contribution is 2.20. The fourth-order valence-corrected chi connectivity index (χ4v) is 1.79. The molecule has 0 saturated heterocycles. The maximum absolute atomic E-state index is 11.5. The van der Waals surface area contributed by atoms with Crippen LogP contribution in [0.15, 0.2) is 30.6 Å². The van der Waals surface area contributed by atoms with Crippen LogP contribution in [0.1, 0.15) is 12.5 Å². The van der Waals surface area contributed by atoms with Crippen molar-refractivity contribution in [2.75, 3.05) is 6.61 Å². The summed E-state index contributed by atoms with van der Waals surface area (Å²) in [6, 6.07) is 5.28. The van der Waals surface area contributed by atoms with Gasteiger partial charge in [0.05, 0.1) is 24.6 Å². The smallest absolute Gasteiger partial charge is 0.327 e. The molecule has 2 aromatic rings. The molecule has 0 saturated carbocycles. The van der Waals surface area contributed by atoms with Gasteiger partial charge in [-0.05, 0) is 19.1 Å². The molecule has 2 aromatic heterocycles. The summed E-state index contributed by atoms with van der Waals surface area (Å²) in [7, 11) is 0. The summed E-state index contributed by atoms with van der Waals surface area (Å²) < 4.78 is 6.41. The highest BCUT2D eigenvalue weighted by molar-refractivity contribution is 5.70. The Morgan fingerprint density at radius 3 is 3.00 bits per heavy atom. The third-order valence-corrected chi connectivity index (χ3v) is 2.60. The molecule has 0 atom stereocenters. The third kappa shape index (κ3) is 2.97. The van der Waals surface area contributed by atoms with Crippen molar-refractivity contribution in [2.45, 2.75) is 20.1 Å². The average Bonchev–Trinajstić information content (AvgIpc) is 2.86. The molecule has 0 bridgehead atoms. The monoisotopic (exact) mass is 261 g/mol. The number of rotatable bonds is 5. The van der Waals surface area contributed by atoms with Gasteiger partial charge in [-0.15, -0.1) is 0 Å². The first kappa shape index (κ1) is 13.2. The molecule has 0 spiro atoms. The number of aliphatic hydroxyl groups excluding tert-OH is 1. The minimum absolute atomic E-state index is 0.0254. The van der Waals surface area contributed by atoms with Crippen molar-refractivity contribution in [3.8, 4) is 11.4 Å². The lowest BCUT2D eigenvalue weighted by Crippen LogP contribution is -2.15. The van der Waals surface area contributed by atoms with E-state index in [0.717, 1.165) is 0 Å². The number of nitrogens with zero attached hydrogens (tertiary/aromatic N) is 3. The van der Waals surface area contributed by atoms with Gasteiger partial charge in [0.2, 0.25) is 0 Å². The number of carbonyl (C=O) groups excluding carboxylic acids is 1. The van der Waals surface area contributed by atoms with E-state index in [1.54, 1.807) is 37.5 Å². The number of hydrogen-bond acceptors (Lipinski definition) is 5. The van der Waals surface area contributed by atoms with Crippen LogP contribution in [0.5, 0.6) is 0 Å². The van der Waals surface area contributed by atoms with Crippen LogP contribution in [-0.2, 0) is 22.7 Å². The molecule has 0 unspecified atom stereocenters. The van der Waals surface area contributed by atoms with Gasteiger partial charge in [-0.2, -0.15) is 5.10 Å². The average molecular weight is 261 g/mol. The normalized spacial score (nSPS) is 10.4. The second-order valence-electron chi connectivity index (χ2n) is 3.85. The van der Waals surface area contributed by atoms with E-state index in [-0.39, 0.29) is 19.1 Å². The molecule has 1 N–H and O–H groups in total. The Morgan fingerprint density at radius 1 is 1.42 bits per heavy atom. The molecule has 0 aliphatic heterocycles. The van der Waals surface area contributed by atoms with Gasteiger partial charge in [0.25, 0.3) is 0 Å². The topological polar surface area (TPSA) is 77.2 Å². The maximum atomic E-state index is 11.5. The summed E-state index contributed by atoms with van der Waals surface area (Å²) in [5.41, 5.74) is 1.98. The zero-order valence-corrected chi connectivity index (χ0v) is 10.6. The van der Waals surface area contributed by atoms with E-state index >= 15 is 0 Å². The molecular formula is C13H15N3O3. The van der Waals surface area contributed by atoms with Crippen LogP contribution in [-0.4, -0.2) is 32.4 Å². The number of carbonyl (C=O) groups is 1. The fraction of sp³-hybridized carbons (Fsp3) is 0.308.